The fraction of sp³-hybridized carbons (Fsp3) is 0.600. The summed E-state index contributed by atoms with van der Waals surface area (Å²) in [5, 5.41) is 21.2. The quantitative estimate of drug-likeness (QED) is 0.615. The Labute approximate surface area is 134 Å². The summed E-state index contributed by atoms with van der Waals surface area (Å²) in [5.74, 6) is -2.02. The summed E-state index contributed by atoms with van der Waals surface area (Å²) < 4.78 is 10.2. The average molecular weight is 328 g/mol. The average Bonchev–Trinajstić information content (AvgIpc) is 2.71. The van der Waals surface area contributed by atoms with Gasteiger partial charge in [-0.05, 0) is 26.7 Å². The number of H-pyrrole nitrogens is 1. The number of alkyl carbamates (subject to hydrolysis) is 1. The van der Waals surface area contributed by atoms with Gasteiger partial charge in [0.05, 0.1) is 0 Å². The Morgan fingerprint density at radius 2 is 1.96 bits per heavy atom. The molecule has 0 aliphatic carbocycles. The van der Waals surface area contributed by atoms with Crippen molar-refractivity contribution in [2.24, 2.45) is 5.92 Å². The monoisotopic (exact) mass is 328 g/mol. The zero-order chi connectivity index (χ0) is 17.8. The van der Waals surface area contributed by atoms with Crippen LogP contribution in [0.3, 0.4) is 0 Å². The topological polar surface area (TPSA) is 121 Å². The number of nitrogens with one attached hydrogen (secondary N) is 2. The summed E-state index contributed by atoms with van der Waals surface area (Å²) in [6, 6.07) is 0.111. The molecular weight excluding hydrogens is 304 g/mol. The zero-order valence-corrected chi connectivity index (χ0v) is 14.0. The fourth-order valence-corrected chi connectivity index (χ4v) is 1.76. The van der Waals surface area contributed by atoms with Gasteiger partial charge in [-0.3, -0.25) is 4.98 Å². The Bertz CT molecular complexity index is 561. The van der Waals surface area contributed by atoms with Crippen molar-refractivity contribution in [3.05, 3.63) is 6.07 Å². The van der Waals surface area contributed by atoms with Gasteiger partial charge in [-0.25, -0.2) is 9.59 Å². The molecule has 0 radical (unpaired) electrons. The van der Waals surface area contributed by atoms with Crippen LogP contribution in [0.5, 0.6) is 17.5 Å². The lowest BCUT2D eigenvalue weighted by Gasteiger charge is -2.25. The molecule has 1 heterocycles. The van der Waals surface area contributed by atoms with E-state index in [9.17, 15) is 19.8 Å². The van der Waals surface area contributed by atoms with Crippen LogP contribution in [0.15, 0.2) is 6.07 Å². The van der Waals surface area contributed by atoms with Crippen molar-refractivity contribution in [3.63, 3.8) is 0 Å². The van der Waals surface area contributed by atoms with E-state index in [1.54, 1.807) is 27.7 Å². The molecular formula is C15H24N2O6. The molecule has 1 rings (SSSR count). The molecule has 8 nitrogen and oxygen atoms in total. The highest BCUT2D eigenvalue weighted by molar-refractivity contribution is 5.83. The van der Waals surface area contributed by atoms with Gasteiger partial charge < -0.3 is 25.0 Å². The number of ether oxygens (including phenoxy) is 2. The number of esters is 1. The van der Waals surface area contributed by atoms with Gasteiger partial charge in [-0.2, -0.15) is 0 Å². The fourth-order valence-electron chi connectivity index (χ4n) is 1.76. The Hall–Kier alpha value is -2.38. The number of aromatic nitrogens is 1. The molecule has 1 aromatic heterocycles. The Morgan fingerprint density at radius 1 is 1.35 bits per heavy atom. The van der Waals surface area contributed by atoms with Crippen molar-refractivity contribution in [2.45, 2.75) is 52.7 Å². The van der Waals surface area contributed by atoms with E-state index in [1.807, 2.05) is 6.92 Å². The van der Waals surface area contributed by atoms with Crippen molar-refractivity contribution in [1.82, 2.24) is 10.3 Å². The van der Waals surface area contributed by atoms with E-state index in [2.05, 4.69) is 10.3 Å². The highest BCUT2D eigenvalue weighted by Crippen LogP contribution is 2.30. The number of aromatic amines is 1. The molecule has 0 aromatic carbocycles. The zero-order valence-electron chi connectivity index (χ0n) is 14.0. The summed E-state index contributed by atoms with van der Waals surface area (Å²) in [5.41, 5.74) is -0.696. The van der Waals surface area contributed by atoms with Crippen molar-refractivity contribution < 1.29 is 29.3 Å². The lowest BCUT2D eigenvalue weighted by molar-refractivity contribution is -0.138. The Kier molecular flexibility index (Phi) is 5.89. The van der Waals surface area contributed by atoms with E-state index < -0.39 is 29.6 Å². The second kappa shape index (κ2) is 7.26. The van der Waals surface area contributed by atoms with E-state index in [4.69, 9.17) is 9.47 Å². The van der Waals surface area contributed by atoms with Gasteiger partial charge in [0.2, 0.25) is 5.88 Å². The summed E-state index contributed by atoms with van der Waals surface area (Å²) in [7, 11) is 0. The lowest BCUT2D eigenvalue weighted by atomic mass is 9.99. The second-order valence-corrected chi connectivity index (χ2v) is 6.30. The molecule has 0 unspecified atom stereocenters. The molecule has 8 heteroatoms. The van der Waals surface area contributed by atoms with Crippen LogP contribution < -0.4 is 10.1 Å². The largest absolute Gasteiger partial charge is 0.494 e. The van der Waals surface area contributed by atoms with Gasteiger partial charge in [0, 0.05) is 6.07 Å². The second-order valence-electron chi connectivity index (χ2n) is 6.30. The molecule has 1 amide bonds. The maximum atomic E-state index is 12.3. The molecule has 0 aliphatic heterocycles. The van der Waals surface area contributed by atoms with Crippen LogP contribution in [0.25, 0.3) is 0 Å². The third-order valence-electron chi connectivity index (χ3n) is 3.10. The molecule has 0 saturated carbocycles. The molecule has 0 saturated heterocycles. The predicted molar refractivity (Wildman–Crippen MR) is 82.4 cm³/mol. The first-order valence-electron chi connectivity index (χ1n) is 7.35. The summed E-state index contributed by atoms with van der Waals surface area (Å²) in [6.07, 6.45) is -0.124. The SMILES string of the molecule is CC[C@H](C)[C@H](NC(=O)OC(C)(C)C)C(=O)Oc1cc(O)[nH]c1O. The molecule has 0 aliphatic rings. The number of carbonyl (C=O) groups is 2. The van der Waals surface area contributed by atoms with Gasteiger partial charge in [0.15, 0.2) is 11.6 Å². The van der Waals surface area contributed by atoms with Crippen molar-refractivity contribution in [1.29, 1.82) is 0 Å². The van der Waals surface area contributed by atoms with E-state index in [0.717, 1.165) is 6.07 Å². The number of rotatable bonds is 5. The van der Waals surface area contributed by atoms with Crippen LogP contribution in [0.4, 0.5) is 4.79 Å². The minimum atomic E-state index is -0.953. The predicted octanol–water partition coefficient (Wildman–Crippen LogP) is 2.27. The maximum absolute atomic E-state index is 12.3. The number of hydrogen-bond donors (Lipinski definition) is 4. The minimum absolute atomic E-state index is 0.216. The summed E-state index contributed by atoms with van der Waals surface area (Å²) >= 11 is 0. The van der Waals surface area contributed by atoms with Gasteiger partial charge in [0.25, 0.3) is 0 Å². The lowest BCUT2D eigenvalue weighted by Crippen LogP contribution is -2.48. The van der Waals surface area contributed by atoms with Crippen LogP contribution in [0.2, 0.25) is 0 Å². The number of amides is 1. The van der Waals surface area contributed by atoms with Gasteiger partial charge in [0.1, 0.15) is 11.6 Å². The summed E-state index contributed by atoms with van der Waals surface area (Å²) in [6.45, 7) is 8.77. The standard InChI is InChI=1S/C15H24N2O6/c1-6-8(2)11(17-14(21)23-15(3,4)5)13(20)22-9-7-10(18)16-12(9)19/h7-8,11,16,18-19H,6H2,1-5H3,(H,17,21)/t8-,11-/m0/s1. The van der Waals surface area contributed by atoms with Crippen LogP contribution in [-0.2, 0) is 9.53 Å². The van der Waals surface area contributed by atoms with Crippen LogP contribution in [0.1, 0.15) is 41.0 Å². The van der Waals surface area contributed by atoms with E-state index in [-0.39, 0.29) is 17.5 Å². The van der Waals surface area contributed by atoms with Crippen molar-refractivity contribution >= 4 is 12.1 Å². The van der Waals surface area contributed by atoms with Crippen molar-refractivity contribution in [3.8, 4) is 17.5 Å². The third kappa shape index (κ3) is 5.72. The van der Waals surface area contributed by atoms with Crippen LogP contribution in [0, 0.1) is 5.92 Å². The molecule has 0 fully saturated rings. The van der Waals surface area contributed by atoms with E-state index >= 15 is 0 Å². The first-order chi connectivity index (χ1) is 10.5. The molecule has 1 aromatic rings. The van der Waals surface area contributed by atoms with Crippen molar-refractivity contribution in [2.75, 3.05) is 0 Å². The van der Waals surface area contributed by atoms with E-state index in [0.29, 0.717) is 6.42 Å². The summed E-state index contributed by atoms with van der Waals surface area (Å²) in [4.78, 5) is 26.3. The number of aromatic hydroxyl groups is 2. The van der Waals surface area contributed by atoms with Gasteiger partial charge in [-0.15, -0.1) is 0 Å². The van der Waals surface area contributed by atoms with Gasteiger partial charge >= 0.3 is 12.1 Å². The smallest absolute Gasteiger partial charge is 0.408 e. The minimum Gasteiger partial charge on any atom is -0.494 e. The molecule has 2 atom stereocenters. The molecule has 0 bridgehead atoms. The highest BCUT2D eigenvalue weighted by atomic mass is 16.6. The molecule has 130 valence electrons. The molecule has 4 N–H and O–H groups in total. The third-order valence-corrected chi connectivity index (χ3v) is 3.10. The highest BCUT2D eigenvalue weighted by Gasteiger charge is 2.30. The van der Waals surface area contributed by atoms with Crippen LogP contribution in [-0.4, -0.2) is 38.9 Å². The van der Waals surface area contributed by atoms with E-state index in [1.165, 1.54) is 0 Å². The van der Waals surface area contributed by atoms with Crippen LogP contribution >= 0.6 is 0 Å². The molecule has 23 heavy (non-hydrogen) atoms. The number of carbonyl (C=O) groups excluding carboxylic acids is 2. The maximum Gasteiger partial charge on any atom is 0.408 e. The van der Waals surface area contributed by atoms with Gasteiger partial charge in [-0.1, -0.05) is 20.3 Å². The Morgan fingerprint density at radius 3 is 2.39 bits per heavy atom. The Balaban J connectivity index is 2.83. The first-order valence-corrected chi connectivity index (χ1v) is 7.35. The number of hydrogen-bond acceptors (Lipinski definition) is 6. The molecule has 0 spiro atoms. The first kappa shape index (κ1) is 18.7. The normalized spacial score (nSPS) is 14.0.